The number of benzene rings is 1. The molecule has 2 amide bonds. The first kappa shape index (κ1) is 23.6. The number of carbonyl (C=O) groups is 2. The Hall–Kier alpha value is -3.15. The number of rotatable bonds is 2. The normalized spacial score (nSPS) is 26.0. The second-order valence-corrected chi connectivity index (χ2v) is 10.2. The lowest BCUT2D eigenvalue weighted by molar-refractivity contribution is -0.960. The fourth-order valence-electron chi connectivity index (χ4n) is 6.39. The van der Waals surface area contributed by atoms with E-state index in [9.17, 15) is 14.9 Å². The lowest BCUT2D eigenvalue weighted by Crippen LogP contribution is -2.64. The topological polar surface area (TPSA) is 89.6 Å². The number of hydrogen-bond donors (Lipinski definition) is 1. The van der Waals surface area contributed by atoms with Gasteiger partial charge in [0.05, 0.1) is 49.4 Å². The third-order valence-corrected chi connectivity index (χ3v) is 8.02. The number of nitriles is 1. The van der Waals surface area contributed by atoms with E-state index in [-0.39, 0.29) is 35.7 Å². The highest BCUT2D eigenvalue weighted by Gasteiger charge is 2.45. The van der Waals surface area contributed by atoms with Crippen molar-refractivity contribution in [2.75, 3.05) is 42.5 Å². The number of piperazine rings is 1. The van der Waals surface area contributed by atoms with Crippen molar-refractivity contribution in [1.82, 2.24) is 5.32 Å². The van der Waals surface area contributed by atoms with E-state index in [1.807, 2.05) is 13.0 Å². The molecule has 2 saturated heterocycles. The first-order valence-corrected chi connectivity index (χ1v) is 12.7. The number of nitrogens with one attached hydrogen (secondary N) is 1. The van der Waals surface area contributed by atoms with E-state index in [0.717, 1.165) is 47.6 Å². The zero-order chi connectivity index (χ0) is 24.6. The zero-order valence-corrected chi connectivity index (χ0v) is 20.6. The van der Waals surface area contributed by atoms with Crippen LogP contribution in [0.3, 0.4) is 0 Å². The molecule has 0 bridgehead atoms. The average Bonchev–Trinajstić information content (AvgIpc) is 3.30. The van der Waals surface area contributed by atoms with Crippen LogP contribution in [0.2, 0.25) is 0 Å². The molecule has 0 saturated carbocycles. The summed E-state index contributed by atoms with van der Waals surface area (Å²) >= 11 is 0. The van der Waals surface area contributed by atoms with Gasteiger partial charge in [0.2, 0.25) is 5.91 Å². The number of amides is 2. The molecule has 2 aromatic rings. The summed E-state index contributed by atoms with van der Waals surface area (Å²) in [7, 11) is 0. The quantitative estimate of drug-likeness (QED) is 0.669. The van der Waals surface area contributed by atoms with Crippen LogP contribution in [0, 0.1) is 11.3 Å². The summed E-state index contributed by atoms with van der Waals surface area (Å²) in [6.07, 6.45) is 6.31. The number of fused-ring (bicyclic) bond motifs is 1. The molecule has 3 unspecified atom stereocenters. The summed E-state index contributed by atoms with van der Waals surface area (Å²) in [4.78, 5) is 29.5. The van der Waals surface area contributed by atoms with Crippen LogP contribution in [-0.2, 0) is 4.79 Å². The first-order chi connectivity index (χ1) is 16.9. The first-order valence-electron chi connectivity index (χ1n) is 12.7. The Kier molecular flexibility index (Phi) is 6.39. The van der Waals surface area contributed by atoms with Crippen molar-refractivity contribution in [2.24, 2.45) is 0 Å². The highest BCUT2D eigenvalue weighted by Crippen LogP contribution is 2.42. The van der Waals surface area contributed by atoms with Gasteiger partial charge in [-0.3, -0.25) is 14.9 Å². The molecule has 3 aliphatic heterocycles. The van der Waals surface area contributed by atoms with E-state index in [2.05, 4.69) is 23.5 Å². The van der Waals surface area contributed by atoms with Crippen molar-refractivity contribution in [3.63, 3.8) is 0 Å². The molecule has 0 radical (unpaired) electrons. The van der Waals surface area contributed by atoms with Crippen molar-refractivity contribution in [3.05, 3.63) is 47.9 Å². The molecule has 3 aliphatic rings. The van der Waals surface area contributed by atoms with Crippen LogP contribution in [-0.4, -0.2) is 61.1 Å². The highest BCUT2D eigenvalue weighted by molar-refractivity contribution is 6.09. The molecule has 5 rings (SSSR count). The Bertz CT molecular complexity index is 1130. The van der Waals surface area contributed by atoms with Crippen LogP contribution in [0.15, 0.2) is 41.0 Å². The maximum absolute atomic E-state index is 13.4. The Morgan fingerprint density at radius 2 is 1.91 bits per heavy atom. The van der Waals surface area contributed by atoms with Gasteiger partial charge >= 0.3 is 0 Å². The molecule has 1 aromatic carbocycles. The molecule has 2 fully saturated rings. The van der Waals surface area contributed by atoms with Crippen LogP contribution in [0.4, 0.5) is 11.4 Å². The molecule has 1 N–H and O–H groups in total. The molecule has 8 heteroatoms. The monoisotopic (exact) mass is 476 g/mol. The highest BCUT2D eigenvalue weighted by atomic mass is 16.3. The molecule has 35 heavy (non-hydrogen) atoms. The largest absolute Gasteiger partial charge is 0.459 e. The molecular formula is C27H34N5O3+. The van der Waals surface area contributed by atoms with Gasteiger partial charge in [0, 0.05) is 19.0 Å². The predicted molar refractivity (Wildman–Crippen MR) is 133 cm³/mol. The van der Waals surface area contributed by atoms with Crippen LogP contribution in [0.5, 0.6) is 0 Å². The van der Waals surface area contributed by atoms with Crippen molar-refractivity contribution >= 4 is 23.2 Å². The SMILES string of the molecule is CC(=O)N1c2ccc(C3CNC(C#N)C[N+]34CCCCCC4)cc2N(C(=O)c2ccco2)CC1C. The number of quaternary nitrogens is 1. The minimum absolute atomic E-state index is 0.0381. The Morgan fingerprint density at radius 3 is 2.57 bits per heavy atom. The molecular weight excluding hydrogens is 442 g/mol. The molecule has 3 atom stereocenters. The average molecular weight is 477 g/mol. The van der Waals surface area contributed by atoms with Gasteiger partial charge in [-0.15, -0.1) is 0 Å². The summed E-state index contributed by atoms with van der Waals surface area (Å²) in [6, 6.07) is 11.9. The zero-order valence-electron chi connectivity index (χ0n) is 20.6. The molecule has 0 aliphatic carbocycles. The summed E-state index contributed by atoms with van der Waals surface area (Å²) in [5, 5.41) is 13.1. The minimum Gasteiger partial charge on any atom is -0.459 e. The van der Waals surface area contributed by atoms with Gasteiger partial charge in [-0.1, -0.05) is 6.07 Å². The third-order valence-electron chi connectivity index (χ3n) is 8.02. The Labute approximate surface area is 206 Å². The number of hydrogen-bond acceptors (Lipinski definition) is 5. The van der Waals surface area contributed by atoms with Gasteiger partial charge < -0.3 is 18.7 Å². The standard InChI is InChI=1S/C27H34N5O3/c1-19-17-30(27(34)26-8-7-13-35-26)24-14-21(9-10-23(24)31(19)20(2)33)25-16-29-22(15-28)18-32(25)11-5-3-4-6-12-32/h7-10,13-14,19,22,25,29H,3-6,11-12,16-18H2,1-2H3/q+1. The molecule has 184 valence electrons. The Balaban J connectivity index is 1.58. The van der Waals surface area contributed by atoms with Crippen LogP contribution < -0.4 is 15.1 Å². The van der Waals surface area contributed by atoms with Crippen molar-refractivity contribution in [3.8, 4) is 6.07 Å². The van der Waals surface area contributed by atoms with Gasteiger partial charge in [0.15, 0.2) is 5.76 Å². The van der Waals surface area contributed by atoms with E-state index in [0.29, 0.717) is 6.54 Å². The van der Waals surface area contributed by atoms with Crippen LogP contribution >= 0.6 is 0 Å². The second-order valence-electron chi connectivity index (χ2n) is 10.2. The summed E-state index contributed by atoms with van der Waals surface area (Å²) < 4.78 is 6.34. The minimum atomic E-state index is -0.201. The summed E-state index contributed by atoms with van der Waals surface area (Å²) in [6.45, 7) is 7.57. The van der Waals surface area contributed by atoms with Crippen LogP contribution in [0.25, 0.3) is 0 Å². The van der Waals surface area contributed by atoms with Crippen molar-refractivity contribution in [2.45, 2.75) is 57.7 Å². The maximum Gasteiger partial charge on any atom is 0.294 e. The summed E-state index contributed by atoms with van der Waals surface area (Å²) in [5.74, 6) is 0.0503. The molecule has 4 heterocycles. The Morgan fingerprint density at radius 1 is 1.14 bits per heavy atom. The smallest absolute Gasteiger partial charge is 0.294 e. The fourth-order valence-corrected chi connectivity index (χ4v) is 6.39. The molecule has 1 aromatic heterocycles. The third kappa shape index (κ3) is 4.24. The van der Waals surface area contributed by atoms with E-state index in [1.165, 1.54) is 31.9 Å². The maximum atomic E-state index is 13.4. The number of furan rings is 1. The number of nitrogens with zero attached hydrogens (tertiary/aromatic N) is 4. The van der Waals surface area contributed by atoms with Gasteiger partial charge in [0.1, 0.15) is 18.6 Å². The van der Waals surface area contributed by atoms with Crippen molar-refractivity contribution < 1.29 is 18.5 Å². The lowest BCUT2D eigenvalue weighted by atomic mass is 9.94. The molecule has 1 spiro atoms. The van der Waals surface area contributed by atoms with E-state index < -0.39 is 0 Å². The molecule has 8 nitrogen and oxygen atoms in total. The van der Waals surface area contributed by atoms with Crippen molar-refractivity contribution in [1.29, 1.82) is 5.26 Å². The van der Waals surface area contributed by atoms with Gasteiger partial charge in [0.25, 0.3) is 5.91 Å². The fraction of sp³-hybridized carbons (Fsp3) is 0.519. The number of carbonyl (C=O) groups excluding carboxylic acids is 2. The van der Waals surface area contributed by atoms with E-state index in [1.54, 1.807) is 28.9 Å². The predicted octanol–water partition coefficient (Wildman–Crippen LogP) is 3.61. The van der Waals surface area contributed by atoms with Gasteiger partial charge in [-0.2, -0.15) is 5.26 Å². The number of anilines is 2. The lowest BCUT2D eigenvalue weighted by Gasteiger charge is -2.49. The summed E-state index contributed by atoms with van der Waals surface area (Å²) in [5.41, 5.74) is 2.64. The van der Waals surface area contributed by atoms with E-state index >= 15 is 0 Å². The van der Waals surface area contributed by atoms with Gasteiger partial charge in [-0.25, -0.2) is 0 Å². The van der Waals surface area contributed by atoms with Gasteiger partial charge in [-0.05, 0) is 56.9 Å². The van der Waals surface area contributed by atoms with Crippen LogP contribution in [0.1, 0.15) is 61.7 Å². The van der Waals surface area contributed by atoms with E-state index in [4.69, 9.17) is 4.42 Å². The second kappa shape index (κ2) is 9.48.